The zero-order valence-electron chi connectivity index (χ0n) is 10.2. The van der Waals surface area contributed by atoms with Gasteiger partial charge in [-0.05, 0) is 0 Å². The van der Waals surface area contributed by atoms with Crippen LogP contribution in [0.3, 0.4) is 0 Å². The number of hydrogen-bond donors (Lipinski definition) is 2. The third-order valence-corrected chi connectivity index (χ3v) is 2.37. The summed E-state index contributed by atoms with van der Waals surface area (Å²) in [6.07, 6.45) is -0.775. The van der Waals surface area contributed by atoms with E-state index < -0.39 is 28.3 Å². The van der Waals surface area contributed by atoms with Gasteiger partial charge in [0.2, 0.25) is 5.82 Å². The Bertz CT molecular complexity index is 457. The molecule has 19 heavy (non-hydrogen) atoms. The second kappa shape index (κ2) is 7.07. The molecule has 1 aromatic rings. The molecule has 1 atom stereocenters. The molecule has 0 fully saturated rings. The van der Waals surface area contributed by atoms with Gasteiger partial charge in [0.15, 0.2) is 0 Å². The van der Waals surface area contributed by atoms with Gasteiger partial charge in [-0.15, -0.1) is 0 Å². The number of aliphatic hydroxyl groups is 1. The second-order valence-electron chi connectivity index (χ2n) is 3.89. The van der Waals surface area contributed by atoms with Gasteiger partial charge >= 0.3 is 5.69 Å². The van der Waals surface area contributed by atoms with E-state index in [9.17, 15) is 24.0 Å². The van der Waals surface area contributed by atoms with Gasteiger partial charge in [0.25, 0.3) is 0 Å². The maximum absolute atomic E-state index is 13.4. The van der Waals surface area contributed by atoms with E-state index in [-0.39, 0.29) is 25.3 Å². The molecule has 0 aliphatic carbocycles. The Morgan fingerprint density at radius 3 is 2.74 bits per heavy atom. The van der Waals surface area contributed by atoms with Crippen molar-refractivity contribution >= 4 is 5.69 Å². The summed E-state index contributed by atoms with van der Waals surface area (Å²) in [6, 6.07) is 1.31. The van der Waals surface area contributed by atoms with Crippen LogP contribution in [0.15, 0.2) is 12.1 Å². The predicted octanol–water partition coefficient (Wildman–Crippen LogP) is 0.970. The first-order valence-electron chi connectivity index (χ1n) is 5.45. The van der Waals surface area contributed by atoms with Crippen LogP contribution in [-0.4, -0.2) is 36.4 Å². The van der Waals surface area contributed by atoms with Crippen LogP contribution in [0.25, 0.3) is 0 Å². The predicted molar refractivity (Wildman–Crippen MR) is 62.6 cm³/mol. The third-order valence-electron chi connectivity index (χ3n) is 2.37. The lowest BCUT2D eigenvalue weighted by Crippen LogP contribution is -2.29. The van der Waals surface area contributed by atoms with Gasteiger partial charge in [0.1, 0.15) is 5.82 Å². The number of nitro groups is 1. The quantitative estimate of drug-likeness (QED) is 0.572. The lowest BCUT2D eigenvalue weighted by molar-refractivity contribution is -0.387. The Morgan fingerprint density at radius 1 is 1.47 bits per heavy atom. The number of ether oxygens (including phenoxy) is 1. The fraction of sp³-hybridized carbons (Fsp3) is 0.455. The number of benzene rings is 1. The van der Waals surface area contributed by atoms with Crippen molar-refractivity contribution in [3.63, 3.8) is 0 Å². The van der Waals surface area contributed by atoms with E-state index in [0.29, 0.717) is 6.07 Å². The highest BCUT2D eigenvalue weighted by molar-refractivity contribution is 5.37. The zero-order valence-corrected chi connectivity index (χ0v) is 10.2. The number of halogens is 2. The van der Waals surface area contributed by atoms with Gasteiger partial charge in [-0.3, -0.25) is 10.1 Å². The molecule has 0 aliphatic heterocycles. The summed E-state index contributed by atoms with van der Waals surface area (Å²) >= 11 is 0. The molecule has 0 aliphatic rings. The number of nitro benzene ring substituents is 1. The maximum Gasteiger partial charge on any atom is 0.305 e. The molecule has 6 nitrogen and oxygen atoms in total. The minimum absolute atomic E-state index is 0.0438. The summed E-state index contributed by atoms with van der Waals surface area (Å²) in [6.45, 7) is 0.172. The van der Waals surface area contributed by atoms with Crippen LogP contribution in [0.4, 0.5) is 14.5 Å². The highest BCUT2D eigenvalue weighted by Crippen LogP contribution is 2.21. The number of aliphatic hydroxyl groups excluding tert-OH is 1. The van der Waals surface area contributed by atoms with Gasteiger partial charge in [-0.25, -0.2) is 4.39 Å². The fourth-order valence-electron chi connectivity index (χ4n) is 1.48. The van der Waals surface area contributed by atoms with Gasteiger partial charge in [0.05, 0.1) is 17.6 Å². The number of rotatable bonds is 7. The Hall–Kier alpha value is -1.64. The highest BCUT2D eigenvalue weighted by atomic mass is 19.1. The van der Waals surface area contributed by atoms with E-state index in [4.69, 9.17) is 4.74 Å². The van der Waals surface area contributed by atoms with Crippen molar-refractivity contribution < 1.29 is 23.5 Å². The van der Waals surface area contributed by atoms with E-state index >= 15 is 0 Å². The Labute approximate surface area is 108 Å². The van der Waals surface area contributed by atoms with Crippen molar-refractivity contribution in [2.24, 2.45) is 0 Å². The Balaban J connectivity index is 2.68. The average Bonchev–Trinajstić information content (AvgIpc) is 2.31. The van der Waals surface area contributed by atoms with Crippen LogP contribution in [0.1, 0.15) is 5.56 Å². The summed E-state index contributed by atoms with van der Waals surface area (Å²) < 4.78 is 31.1. The molecule has 1 unspecified atom stereocenters. The summed E-state index contributed by atoms with van der Waals surface area (Å²) in [5.74, 6) is -2.09. The summed E-state index contributed by atoms with van der Waals surface area (Å²) in [5.41, 5.74) is -0.826. The summed E-state index contributed by atoms with van der Waals surface area (Å²) in [4.78, 5) is 9.60. The maximum atomic E-state index is 13.4. The second-order valence-corrected chi connectivity index (χ2v) is 3.89. The van der Waals surface area contributed by atoms with E-state index in [0.717, 1.165) is 6.07 Å². The van der Waals surface area contributed by atoms with Crippen LogP contribution in [-0.2, 0) is 11.3 Å². The van der Waals surface area contributed by atoms with Gasteiger partial charge in [-0.1, -0.05) is 0 Å². The van der Waals surface area contributed by atoms with Crippen LogP contribution in [0, 0.1) is 21.7 Å². The molecule has 0 bridgehead atoms. The number of hydrogen-bond acceptors (Lipinski definition) is 5. The van der Waals surface area contributed by atoms with Crippen LogP contribution >= 0.6 is 0 Å². The normalized spacial score (nSPS) is 12.4. The monoisotopic (exact) mass is 276 g/mol. The largest absolute Gasteiger partial charge is 0.389 e. The third kappa shape index (κ3) is 4.51. The average molecular weight is 276 g/mol. The zero-order chi connectivity index (χ0) is 14.4. The SMILES string of the molecule is COCC(O)CNCc1cc([N+](=O)[O-])c(F)cc1F. The molecule has 0 saturated carbocycles. The summed E-state index contributed by atoms with van der Waals surface area (Å²) in [5, 5.41) is 22.6. The number of nitrogens with one attached hydrogen (secondary N) is 1. The molecule has 8 heteroatoms. The molecular formula is C11H14F2N2O4. The molecule has 0 saturated heterocycles. The lowest BCUT2D eigenvalue weighted by Gasteiger charge is -2.11. The Morgan fingerprint density at radius 2 is 2.16 bits per heavy atom. The van der Waals surface area contributed by atoms with Gasteiger partial charge in [0, 0.05) is 37.9 Å². The topological polar surface area (TPSA) is 84.6 Å². The standard InChI is InChI=1S/C11H14F2N2O4/c1-19-6-8(16)5-14-4-7-2-11(15(17)18)10(13)3-9(7)12/h2-3,8,14,16H,4-6H2,1H3. The summed E-state index contributed by atoms with van der Waals surface area (Å²) in [7, 11) is 1.42. The molecule has 0 heterocycles. The first-order chi connectivity index (χ1) is 8.95. The van der Waals surface area contributed by atoms with Crippen molar-refractivity contribution in [2.75, 3.05) is 20.3 Å². The minimum Gasteiger partial charge on any atom is -0.389 e. The first kappa shape index (κ1) is 15.4. The van der Waals surface area contributed by atoms with Gasteiger partial charge in [-0.2, -0.15) is 4.39 Å². The highest BCUT2D eigenvalue weighted by Gasteiger charge is 2.18. The van der Waals surface area contributed by atoms with Crippen molar-refractivity contribution in [2.45, 2.75) is 12.6 Å². The molecule has 0 radical (unpaired) electrons. The Kier molecular flexibility index (Phi) is 5.74. The number of nitrogens with zero attached hydrogens (tertiary/aromatic N) is 1. The van der Waals surface area contributed by atoms with Crippen molar-refractivity contribution in [1.82, 2.24) is 5.32 Å². The van der Waals surface area contributed by atoms with Crippen LogP contribution in [0.2, 0.25) is 0 Å². The lowest BCUT2D eigenvalue weighted by atomic mass is 10.1. The van der Waals surface area contributed by atoms with Crippen molar-refractivity contribution in [3.05, 3.63) is 39.4 Å². The van der Waals surface area contributed by atoms with E-state index in [1.807, 2.05) is 0 Å². The molecule has 2 N–H and O–H groups in total. The molecule has 106 valence electrons. The van der Waals surface area contributed by atoms with E-state index in [2.05, 4.69) is 5.32 Å². The van der Waals surface area contributed by atoms with Gasteiger partial charge < -0.3 is 15.2 Å². The molecule has 0 amide bonds. The molecule has 0 aromatic heterocycles. The molecule has 1 rings (SSSR count). The van der Waals surface area contributed by atoms with E-state index in [1.54, 1.807) is 0 Å². The van der Waals surface area contributed by atoms with E-state index in [1.165, 1.54) is 7.11 Å². The van der Waals surface area contributed by atoms with Crippen molar-refractivity contribution in [1.29, 1.82) is 0 Å². The number of methoxy groups -OCH3 is 1. The smallest absolute Gasteiger partial charge is 0.305 e. The van der Waals surface area contributed by atoms with Crippen LogP contribution in [0.5, 0.6) is 0 Å². The fourth-order valence-corrected chi connectivity index (χ4v) is 1.48. The van der Waals surface area contributed by atoms with Crippen molar-refractivity contribution in [3.8, 4) is 0 Å². The molecule has 1 aromatic carbocycles. The molecule has 0 spiro atoms. The van der Waals surface area contributed by atoms with Crippen LogP contribution < -0.4 is 5.32 Å². The molecular weight excluding hydrogens is 262 g/mol. The minimum atomic E-state index is -1.22. The first-order valence-corrected chi connectivity index (χ1v) is 5.45.